The number of amides is 3. The summed E-state index contributed by atoms with van der Waals surface area (Å²) in [5, 5.41) is 5.46. The molecule has 1 unspecified atom stereocenters. The second-order valence-electron chi connectivity index (χ2n) is 5.91. The Balaban J connectivity index is 1.73. The lowest BCUT2D eigenvalue weighted by molar-refractivity contribution is -0.121. The Morgan fingerprint density at radius 2 is 1.74 bits per heavy atom. The first-order valence-corrected chi connectivity index (χ1v) is 8.51. The maximum atomic E-state index is 12.7. The van der Waals surface area contributed by atoms with E-state index in [-0.39, 0.29) is 18.9 Å². The number of ether oxygens (including phenoxy) is 1. The number of rotatable bonds is 4. The van der Waals surface area contributed by atoms with Crippen molar-refractivity contribution in [3.05, 3.63) is 72.0 Å². The van der Waals surface area contributed by atoms with Crippen LogP contribution in [0.15, 0.2) is 66.4 Å². The number of anilines is 1. The number of hydrogen-bond donors (Lipinski definition) is 2. The average molecular weight is 365 g/mol. The lowest BCUT2D eigenvalue weighted by Crippen LogP contribution is -2.56. The van der Waals surface area contributed by atoms with E-state index in [9.17, 15) is 14.4 Å². The van der Waals surface area contributed by atoms with Crippen molar-refractivity contribution >= 4 is 23.6 Å². The van der Waals surface area contributed by atoms with Gasteiger partial charge in [-0.15, -0.1) is 0 Å². The van der Waals surface area contributed by atoms with Crippen molar-refractivity contribution in [2.75, 3.05) is 18.5 Å². The highest BCUT2D eigenvalue weighted by Gasteiger charge is 2.38. The molecule has 0 bridgehead atoms. The van der Waals surface area contributed by atoms with Crippen LogP contribution in [0.25, 0.3) is 0 Å². The fourth-order valence-corrected chi connectivity index (χ4v) is 2.78. The van der Waals surface area contributed by atoms with Gasteiger partial charge < -0.3 is 20.3 Å². The van der Waals surface area contributed by atoms with Crippen LogP contribution in [-0.4, -0.2) is 42.0 Å². The molecule has 2 aromatic rings. The summed E-state index contributed by atoms with van der Waals surface area (Å²) in [5.74, 6) is 0.904. The van der Waals surface area contributed by atoms with Crippen molar-refractivity contribution < 1.29 is 19.1 Å². The maximum absolute atomic E-state index is 12.7. The molecule has 2 N–H and O–H groups in total. The maximum Gasteiger partial charge on any atom is 0.318 e. The second-order valence-corrected chi connectivity index (χ2v) is 5.91. The molecular formula is C20H19N3O4. The summed E-state index contributed by atoms with van der Waals surface area (Å²) in [7, 11) is 0. The number of nitrogens with one attached hydrogen (secondary N) is 2. The van der Waals surface area contributed by atoms with Crippen molar-refractivity contribution in [2.45, 2.75) is 12.6 Å². The van der Waals surface area contributed by atoms with Gasteiger partial charge in [0.2, 0.25) is 5.76 Å². The molecule has 27 heavy (non-hydrogen) atoms. The van der Waals surface area contributed by atoms with Crippen LogP contribution in [-0.2, 0) is 20.9 Å². The standard InChI is InChI=1S/C20H19N3O4/c24-14-17-18(19(25)22-16-9-5-2-6-10-16)23(11-12-27-17)20(26)21-13-15-7-3-1-4-8-15/h1-10,18H,11-13H2,(H,21,26)(H,22,25). The molecule has 0 aromatic heterocycles. The first-order valence-electron chi connectivity index (χ1n) is 8.51. The highest BCUT2D eigenvalue weighted by atomic mass is 16.5. The number of morpholine rings is 1. The Kier molecular flexibility index (Phi) is 5.87. The number of urea groups is 1. The molecule has 7 heteroatoms. The minimum absolute atomic E-state index is 0.123. The number of benzene rings is 2. The smallest absolute Gasteiger partial charge is 0.318 e. The highest BCUT2D eigenvalue weighted by molar-refractivity contribution is 6.00. The molecule has 3 amide bonds. The van der Waals surface area contributed by atoms with Gasteiger partial charge in [-0.3, -0.25) is 4.79 Å². The summed E-state index contributed by atoms with van der Waals surface area (Å²) in [6, 6.07) is 16.6. The molecule has 1 heterocycles. The Morgan fingerprint density at radius 3 is 2.41 bits per heavy atom. The quantitative estimate of drug-likeness (QED) is 0.811. The fourth-order valence-electron chi connectivity index (χ4n) is 2.78. The van der Waals surface area contributed by atoms with E-state index in [1.807, 2.05) is 36.4 Å². The zero-order chi connectivity index (χ0) is 19.1. The lowest BCUT2D eigenvalue weighted by Gasteiger charge is -2.34. The second kappa shape index (κ2) is 8.69. The van der Waals surface area contributed by atoms with Gasteiger partial charge in [0.05, 0.1) is 6.54 Å². The Bertz CT molecular complexity index is 848. The highest BCUT2D eigenvalue weighted by Crippen LogP contribution is 2.18. The molecule has 7 nitrogen and oxygen atoms in total. The van der Waals surface area contributed by atoms with Crippen molar-refractivity contribution in [3.8, 4) is 0 Å². The molecule has 0 radical (unpaired) electrons. The van der Waals surface area contributed by atoms with E-state index >= 15 is 0 Å². The number of carbonyl (C=O) groups excluding carboxylic acids is 3. The van der Waals surface area contributed by atoms with Crippen LogP contribution in [0.2, 0.25) is 0 Å². The molecular weight excluding hydrogens is 346 g/mol. The molecule has 1 fully saturated rings. The van der Waals surface area contributed by atoms with E-state index in [4.69, 9.17) is 4.74 Å². The van der Waals surface area contributed by atoms with E-state index in [1.165, 1.54) is 4.90 Å². The van der Waals surface area contributed by atoms with Gasteiger partial charge in [-0.05, 0) is 17.7 Å². The molecule has 138 valence electrons. The van der Waals surface area contributed by atoms with Crippen LogP contribution in [0, 0.1) is 0 Å². The molecule has 0 aliphatic carbocycles. The Morgan fingerprint density at radius 1 is 1.07 bits per heavy atom. The third-order valence-corrected chi connectivity index (χ3v) is 4.09. The van der Waals surface area contributed by atoms with Crippen LogP contribution in [0.1, 0.15) is 5.56 Å². The molecule has 2 aromatic carbocycles. The van der Waals surface area contributed by atoms with E-state index < -0.39 is 18.0 Å². The summed E-state index contributed by atoms with van der Waals surface area (Å²) >= 11 is 0. The SMILES string of the molecule is O=C=C1OCCN(C(=O)NCc2ccccc2)C1C(=O)Nc1ccccc1. The van der Waals surface area contributed by atoms with Crippen molar-refractivity contribution in [2.24, 2.45) is 0 Å². The molecule has 1 saturated heterocycles. The zero-order valence-corrected chi connectivity index (χ0v) is 14.6. The summed E-state index contributed by atoms with van der Waals surface area (Å²) in [4.78, 5) is 37.9. The van der Waals surface area contributed by atoms with Gasteiger partial charge >= 0.3 is 6.03 Å². The van der Waals surface area contributed by atoms with Gasteiger partial charge in [-0.2, -0.15) is 0 Å². The molecule has 0 saturated carbocycles. The minimum Gasteiger partial charge on any atom is -0.483 e. The largest absolute Gasteiger partial charge is 0.483 e. The number of carbonyl (C=O) groups is 2. The first-order chi connectivity index (χ1) is 13.2. The molecule has 1 aliphatic heterocycles. The fraction of sp³-hybridized carbons (Fsp3) is 0.200. The van der Waals surface area contributed by atoms with Crippen molar-refractivity contribution in [1.29, 1.82) is 0 Å². The summed E-state index contributed by atoms with van der Waals surface area (Å²) in [6.07, 6.45) is 0. The monoisotopic (exact) mass is 365 g/mol. The summed E-state index contributed by atoms with van der Waals surface area (Å²) in [5.41, 5.74) is 1.48. The third-order valence-electron chi connectivity index (χ3n) is 4.09. The molecule has 3 rings (SSSR count). The molecule has 1 atom stereocenters. The van der Waals surface area contributed by atoms with Crippen LogP contribution in [0.3, 0.4) is 0 Å². The number of para-hydroxylation sites is 1. The van der Waals surface area contributed by atoms with E-state index in [0.717, 1.165) is 5.56 Å². The number of nitrogens with zero attached hydrogens (tertiary/aromatic N) is 1. The van der Waals surface area contributed by atoms with Crippen LogP contribution in [0.4, 0.5) is 10.5 Å². The summed E-state index contributed by atoms with van der Waals surface area (Å²) in [6.45, 7) is 0.612. The zero-order valence-electron chi connectivity index (χ0n) is 14.6. The normalized spacial score (nSPS) is 16.1. The van der Waals surface area contributed by atoms with Crippen molar-refractivity contribution in [1.82, 2.24) is 10.2 Å². The van der Waals surface area contributed by atoms with Gasteiger partial charge in [-0.1, -0.05) is 48.5 Å². The first kappa shape index (κ1) is 18.2. The van der Waals surface area contributed by atoms with Gasteiger partial charge in [0, 0.05) is 12.2 Å². The number of hydrogen-bond acceptors (Lipinski definition) is 4. The van der Waals surface area contributed by atoms with Gasteiger partial charge in [0.15, 0.2) is 12.0 Å². The average Bonchev–Trinajstić information content (AvgIpc) is 2.72. The lowest BCUT2D eigenvalue weighted by atomic mass is 10.1. The van der Waals surface area contributed by atoms with Crippen LogP contribution in [0.5, 0.6) is 0 Å². The summed E-state index contributed by atoms with van der Waals surface area (Å²) < 4.78 is 5.25. The van der Waals surface area contributed by atoms with Gasteiger partial charge in [-0.25, -0.2) is 9.59 Å². The third kappa shape index (κ3) is 4.54. The van der Waals surface area contributed by atoms with Crippen LogP contribution >= 0.6 is 0 Å². The van der Waals surface area contributed by atoms with Gasteiger partial charge in [0.25, 0.3) is 5.91 Å². The minimum atomic E-state index is -1.17. The Labute approximate surface area is 156 Å². The van der Waals surface area contributed by atoms with Crippen LogP contribution < -0.4 is 10.6 Å². The van der Waals surface area contributed by atoms with Gasteiger partial charge in [0.1, 0.15) is 6.61 Å². The topological polar surface area (TPSA) is 87.7 Å². The predicted molar refractivity (Wildman–Crippen MR) is 99.4 cm³/mol. The molecule has 0 spiro atoms. The van der Waals surface area contributed by atoms with E-state index in [2.05, 4.69) is 10.6 Å². The van der Waals surface area contributed by atoms with E-state index in [0.29, 0.717) is 12.2 Å². The predicted octanol–water partition coefficient (Wildman–Crippen LogP) is 1.95. The van der Waals surface area contributed by atoms with Crippen molar-refractivity contribution in [3.63, 3.8) is 0 Å². The van der Waals surface area contributed by atoms with E-state index in [1.54, 1.807) is 30.2 Å². The molecule has 1 aliphatic rings. The Hall–Kier alpha value is -3.57.